The highest BCUT2D eigenvalue weighted by atomic mass is 19.1. The van der Waals surface area contributed by atoms with Crippen LogP contribution in [0.3, 0.4) is 0 Å². The number of rotatable bonds is 5. The fourth-order valence-electron chi connectivity index (χ4n) is 3.36. The van der Waals surface area contributed by atoms with Gasteiger partial charge in [-0.3, -0.25) is 4.79 Å². The van der Waals surface area contributed by atoms with E-state index in [1.807, 2.05) is 37.3 Å². The molecule has 0 saturated carbocycles. The van der Waals surface area contributed by atoms with Crippen LogP contribution in [0.5, 0.6) is 5.75 Å². The number of halogens is 1. The van der Waals surface area contributed by atoms with Gasteiger partial charge >= 0.3 is 0 Å². The van der Waals surface area contributed by atoms with E-state index in [-0.39, 0.29) is 18.3 Å². The molecule has 3 rings (SSSR count). The zero-order valence-corrected chi connectivity index (χ0v) is 14.8. The summed E-state index contributed by atoms with van der Waals surface area (Å²) in [5, 5.41) is 0. The topological polar surface area (TPSA) is 29.5 Å². The third kappa shape index (κ3) is 3.84. The van der Waals surface area contributed by atoms with Crippen molar-refractivity contribution in [2.24, 2.45) is 0 Å². The fraction of sp³-hybridized carbons (Fsp3) is 0.381. The Hall–Kier alpha value is -2.36. The smallest absolute Gasteiger partial charge is 0.223 e. The number of para-hydroxylation sites is 1. The van der Waals surface area contributed by atoms with Crippen molar-refractivity contribution < 1.29 is 13.9 Å². The van der Waals surface area contributed by atoms with E-state index in [0.717, 1.165) is 48.1 Å². The van der Waals surface area contributed by atoms with Gasteiger partial charge in [0.05, 0.1) is 5.69 Å². The standard InChI is InChI=1S/C21H24FNO2/c1-3-6-17-11-10-16(13-19(17)22)14-25-20-9-4-7-18-8-5-12-23(15(2)24)21(18)20/h4,7,9-11,13H,3,5-6,8,12,14H2,1-2H3. The zero-order chi connectivity index (χ0) is 17.8. The number of hydrogen-bond donors (Lipinski definition) is 0. The van der Waals surface area contributed by atoms with Crippen molar-refractivity contribution >= 4 is 11.6 Å². The lowest BCUT2D eigenvalue weighted by Crippen LogP contribution is -2.33. The predicted molar refractivity (Wildman–Crippen MR) is 97.5 cm³/mol. The molecule has 0 aliphatic carbocycles. The summed E-state index contributed by atoms with van der Waals surface area (Å²) in [6, 6.07) is 11.1. The summed E-state index contributed by atoms with van der Waals surface area (Å²) in [6.45, 7) is 4.61. The van der Waals surface area contributed by atoms with Gasteiger partial charge in [0, 0.05) is 13.5 Å². The Morgan fingerprint density at radius 3 is 2.84 bits per heavy atom. The molecule has 2 aromatic rings. The number of fused-ring (bicyclic) bond motifs is 1. The molecule has 0 bridgehead atoms. The molecule has 3 nitrogen and oxygen atoms in total. The van der Waals surface area contributed by atoms with Crippen LogP contribution in [0.2, 0.25) is 0 Å². The van der Waals surface area contributed by atoms with E-state index in [4.69, 9.17) is 4.74 Å². The minimum absolute atomic E-state index is 0.0203. The van der Waals surface area contributed by atoms with E-state index in [1.165, 1.54) is 0 Å². The molecule has 0 N–H and O–H groups in total. The van der Waals surface area contributed by atoms with Gasteiger partial charge in [0.25, 0.3) is 0 Å². The Labute approximate surface area is 148 Å². The first-order valence-electron chi connectivity index (χ1n) is 8.90. The lowest BCUT2D eigenvalue weighted by molar-refractivity contribution is -0.116. The largest absolute Gasteiger partial charge is 0.487 e. The first kappa shape index (κ1) is 17.5. The van der Waals surface area contributed by atoms with Crippen LogP contribution in [-0.2, 0) is 24.2 Å². The van der Waals surface area contributed by atoms with Gasteiger partial charge < -0.3 is 9.64 Å². The summed E-state index contributed by atoms with van der Waals surface area (Å²) in [7, 11) is 0. The Kier molecular flexibility index (Phi) is 5.37. The monoisotopic (exact) mass is 341 g/mol. The molecule has 2 aromatic carbocycles. The van der Waals surface area contributed by atoms with Gasteiger partial charge in [0.1, 0.15) is 18.2 Å². The van der Waals surface area contributed by atoms with Crippen molar-refractivity contribution in [2.75, 3.05) is 11.4 Å². The number of anilines is 1. The molecule has 1 aliphatic rings. The lowest BCUT2D eigenvalue weighted by Gasteiger charge is -2.30. The molecule has 0 saturated heterocycles. The maximum absolute atomic E-state index is 14.1. The molecule has 4 heteroatoms. The fourth-order valence-corrected chi connectivity index (χ4v) is 3.36. The van der Waals surface area contributed by atoms with Crippen molar-refractivity contribution in [2.45, 2.75) is 46.1 Å². The molecular weight excluding hydrogens is 317 g/mol. The average molecular weight is 341 g/mol. The molecule has 0 atom stereocenters. The van der Waals surface area contributed by atoms with Crippen LogP contribution in [0.4, 0.5) is 10.1 Å². The van der Waals surface area contributed by atoms with Gasteiger partial charge in [-0.05, 0) is 48.1 Å². The van der Waals surface area contributed by atoms with Gasteiger partial charge in [-0.15, -0.1) is 0 Å². The number of nitrogens with zero attached hydrogens (tertiary/aromatic N) is 1. The van der Waals surface area contributed by atoms with E-state index >= 15 is 0 Å². The molecule has 0 radical (unpaired) electrons. The van der Waals surface area contributed by atoms with E-state index in [9.17, 15) is 9.18 Å². The average Bonchev–Trinajstić information content (AvgIpc) is 2.61. The van der Waals surface area contributed by atoms with Gasteiger partial charge in [-0.25, -0.2) is 4.39 Å². The summed E-state index contributed by atoms with van der Waals surface area (Å²) in [5.41, 5.74) is 3.53. The molecule has 0 fully saturated rings. The third-order valence-corrected chi connectivity index (χ3v) is 4.59. The minimum Gasteiger partial charge on any atom is -0.487 e. The van der Waals surface area contributed by atoms with Crippen molar-refractivity contribution in [3.63, 3.8) is 0 Å². The van der Waals surface area contributed by atoms with E-state index < -0.39 is 0 Å². The summed E-state index contributed by atoms with van der Waals surface area (Å²) in [4.78, 5) is 13.7. The van der Waals surface area contributed by atoms with Crippen LogP contribution in [0, 0.1) is 5.82 Å². The second-order valence-corrected chi connectivity index (χ2v) is 6.50. The lowest BCUT2D eigenvalue weighted by atomic mass is 10.0. The summed E-state index contributed by atoms with van der Waals surface area (Å²) >= 11 is 0. The Balaban J connectivity index is 1.80. The summed E-state index contributed by atoms with van der Waals surface area (Å²) in [5.74, 6) is 0.529. The van der Waals surface area contributed by atoms with Gasteiger partial charge in [0.2, 0.25) is 5.91 Å². The summed E-state index contributed by atoms with van der Waals surface area (Å²) < 4.78 is 20.1. The maximum Gasteiger partial charge on any atom is 0.223 e. The van der Waals surface area contributed by atoms with Gasteiger partial charge in [0.15, 0.2) is 0 Å². The molecule has 0 spiro atoms. The second-order valence-electron chi connectivity index (χ2n) is 6.50. The Morgan fingerprint density at radius 2 is 2.12 bits per heavy atom. The van der Waals surface area contributed by atoms with Crippen LogP contribution in [0.1, 0.15) is 43.4 Å². The highest BCUT2D eigenvalue weighted by molar-refractivity contribution is 5.94. The van der Waals surface area contributed by atoms with Crippen LogP contribution < -0.4 is 9.64 Å². The summed E-state index contributed by atoms with van der Waals surface area (Å²) in [6.07, 6.45) is 3.56. The molecule has 0 unspecified atom stereocenters. The van der Waals surface area contributed by atoms with E-state index in [0.29, 0.717) is 12.3 Å². The quantitative estimate of drug-likeness (QED) is 0.792. The normalized spacial score (nSPS) is 13.5. The number of benzene rings is 2. The number of aryl methyl sites for hydroxylation is 2. The highest BCUT2D eigenvalue weighted by Gasteiger charge is 2.23. The molecule has 132 valence electrons. The van der Waals surface area contributed by atoms with Gasteiger partial charge in [-0.1, -0.05) is 37.6 Å². The number of amides is 1. The number of carbonyl (C=O) groups excluding carboxylic acids is 1. The first-order valence-corrected chi connectivity index (χ1v) is 8.90. The van der Waals surface area contributed by atoms with Crippen molar-refractivity contribution in [1.82, 2.24) is 0 Å². The van der Waals surface area contributed by atoms with Crippen LogP contribution >= 0.6 is 0 Å². The van der Waals surface area contributed by atoms with Crippen molar-refractivity contribution in [1.29, 1.82) is 0 Å². The first-order chi connectivity index (χ1) is 12.1. The van der Waals surface area contributed by atoms with E-state index in [1.54, 1.807) is 17.9 Å². The number of carbonyl (C=O) groups is 1. The van der Waals surface area contributed by atoms with Gasteiger partial charge in [-0.2, -0.15) is 0 Å². The highest BCUT2D eigenvalue weighted by Crippen LogP contribution is 2.36. The SMILES string of the molecule is CCCc1ccc(COc2cccc3c2N(C(C)=O)CCC3)cc1F. The molecule has 0 aromatic heterocycles. The third-order valence-electron chi connectivity index (χ3n) is 4.59. The zero-order valence-electron chi connectivity index (χ0n) is 14.8. The molecule has 25 heavy (non-hydrogen) atoms. The Morgan fingerprint density at radius 1 is 1.28 bits per heavy atom. The van der Waals surface area contributed by atoms with E-state index in [2.05, 4.69) is 0 Å². The van der Waals surface area contributed by atoms with Crippen LogP contribution in [0.15, 0.2) is 36.4 Å². The van der Waals surface area contributed by atoms with Crippen LogP contribution in [-0.4, -0.2) is 12.5 Å². The molecule has 1 aliphatic heterocycles. The molecule has 1 amide bonds. The molecular formula is C21H24FNO2. The molecule has 1 heterocycles. The Bertz CT molecular complexity index is 772. The second kappa shape index (κ2) is 7.68. The number of ether oxygens (including phenoxy) is 1. The number of hydrogen-bond acceptors (Lipinski definition) is 2. The van der Waals surface area contributed by atoms with Crippen LogP contribution in [0.25, 0.3) is 0 Å². The minimum atomic E-state index is -0.177. The predicted octanol–water partition coefficient (Wildman–Crippen LogP) is 4.66. The van der Waals surface area contributed by atoms with Crippen molar-refractivity contribution in [3.05, 3.63) is 58.9 Å². The van der Waals surface area contributed by atoms with Crippen molar-refractivity contribution in [3.8, 4) is 5.75 Å². The maximum atomic E-state index is 14.1.